The zero-order valence-corrected chi connectivity index (χ0v) is 13.7. The number of rotatable bonds is 1. The van der Waals surface area contributed by atoms with E-state index >= 15 is 0 Å². The van der Waals surface area contributed by atoms with Gasteiger partial charge in [-0.1, -0.05) is 29.8 Å². The molecule has 0 aliphatic rings. The van der Waals surface area contributed by atoms with Gasteiger partial charge in [0.15, 0.2) is 0 Å². The maximum atomic E-state index is 10.0. The Labute approximate surface area is 149 Å². The molecule has 0 heterocycles. The Morgan fingerprint density at radius 3 is 1.40 bits per heavy atom. The number of hydrogen-bond donors (Lipinski definition) is 3. The summed E-state index contributed by atoms with van der Waals surface area (Å²) in [7, 11) is 0. The van der Waals surface area contributed by atoms with Crippen LogP contribution in [0.2, 0.25) is 5.02 Å². The number of nitrogens with zero attached hydrogens (tertiary/aromatic N) is 1. The van der Waals surface area contributed by atoms with Crippen molar-refractivity contribution in [1.82, 2.24) is 0 Å². The number of nitro benzene ring substituents is 1. The number of non-ortho nitro benzene ring substituents is 1. The summed E-state index contributed by atoms with van der Waals surface area (Å²) in [6.07, 6.45) is 0. The van der Waals surface area contributed by atoms with Crippen molar-refractivity contribution < 1.29 is 20.2 Å². The van der Waals surface area contributed by atoms with E-state index in [9.17, 15) is 10.1 Å². The van der Waals surface area contributed by atoms with Crippen LogP contribution in [-0.4, -0.2) is 20.2 Å². The van der Waals surface area contributed by atoms with Crippen molar-refractivity contribution in [3.05, 3.63) is 94.0 Å². The molecule has 3 rings (SSSR count). The molecule has 0 spiro atoms. The molecule has 3 aromatic rings. The van der Waals surface area contributed by atoms with Crippen LogP contribution in [0.15, 0.2) is 78.9 Å². The van der Waals surface area contributed by atoms with Gasteiger partial charge in [-0.3, -0.25) is 10.1 Å². The van der Waals surface area contributed by atoms with Gasteiger partial charge in [0.25, 0.3) is 5.69 Å². The lowest BCUT2D eigenvalue weighted by Crippen LogP contribution is -1.85. The van der Waals surface area contributed by atoms with Crippen LogP contribution in [0, 0.1) is 10.1 Å². The standard InChI is InChI=1S/C6H5ClO.C6H5NO3.C6H6O/c7-5-1-3-6(8)4-2-5;8-6-3-1-5(2-4-6)7(9)10;7-6-4-2-1-3-5-6/h1-4,8H;1-4,8H;1-5,7H. The van der Waals surface area contributed by atoms with E-state index in [4.69, 9.17) is 26.9 Å². The predicted molar refractivity (Wildman–Crippen MR) is 96.0 cm³/mol. The lowest BCUT2D eigenvalue weighted by atomic mass is 10.3. The molecular weight excluding hydrogens is 346 g/mol. The Balaban J connectivity index is 0.000000191. The second-order valence-electron chi connectivity index (χ2n) is 4.59. The van der Waals surface area contributed by atoms with Gasteiger partial charge in [0.1, 0.15) is 17.2 Å². The van der Waals surface area contributed by atoms with Crippen molar-refractivity contribution in [2.75, 3.05) is 0 Å². The van der Waals surface area contributed by atoms with E-state index in [1.807, 2.05) is 6.07 Å². The van der Waals surface area contributed by atoms with Crippen LogP contribution in [0.5, 0.6) is 17.2 Å². The molecule has 0 aliphatic carbocycles. The average molecular weight is 362 g/mol. The largest absolute Gasteiger partial charge is 0.508 e. The van der Waals surface area contributed by atoms with E-state index in [0.717, 1.165) is 0 Å². The van der Waals surface area contributed by atoms with E-state index in [1.54, 1.807) is 48.5 Å². The number of nitro groups is 1. The molecule has 3 N–H and O–H groups in total. The molecule has 0 atom stereocenters. The van der Waals surface area contributed by atoms with Crippen LogP contribution in [0.25, 0.3) is 0 Å². The van der Waals surface area contributed by atoms with Crippen molar-refractivity contribution >= 4 is 17.3 Å². The van der Waals surface area contributed by atoms with E-state index in [2.05, 4.69) is 0 Å². The van der Waals surface area contributed by atoms with Gasteiger partial charge in [-0.15, -0.1) is 0 Å². The van der Waals surface area contributed by atoms with E-state index in [1.165, 1.54) is 24.3 Å². The third-order valence-corrected chi connectivity index (χ3v) is 2.90. The molecule has 130 valence electrons. The number of aromatic hydroxyl groups is 3. The fourth-order valence-corrected chi connectivity index (χ4v) is 1.57. The van der Waals surface area contributed by atoms with Crippen LogP contribution >= 0.6 is 11.6 Å². The topological polar surface area (TPSA) is 104 Å². The molecule has 3 aromatic carbocycles. The number of para-hydroxylation sites is 1. The van der Waals surface area contributed by atoms with Crippen LogP contribution in [-0.2, 0) is 0 Å². The molecule has 0 bridgehead atoms. The third-order valence-electron chi connectivity index (χ3n) is 2.64. The maximum Gasteiger partial charge on any atom is 0.269 e. The minimum atomic E-state index is -0.514. The minimum absolute atomic E-state index is 0.0159. The number of benzene rings is 3. The summed E-state index contributed by atoms with van der Waals surface area (Å²) in [6, 6.07) is 20.1. The Morgan fingerprint density at radius 2 is 1.08 bits per heavy atom. The van der Waals surface area contributed by atoms with E-state index < -0.39 is 4.92 Å². The Hall–Kier alpha value is -3.25. The first-order valence-corrected chi connectivity index (χ1v) is 7.38. The van der Waals surface area contributed by atoms with Crippen LogP contribution in [0.1, 0.15) is 0 Å². The zero-order valence-electron chi connectivity index (χ0n) is 13.0. The van der Waals surface area contributed by atoms with Gasteiger partial charge in [0.05, 0.1) is 4.92 Å². The molecule has 0 aliphatic heterocycles. The summed E-state index contributed by atoms with van der Waals surface area (Å²) in [5, 5.41) is 36.7. The highest BCUT2D eigenvalue weighted by molar-refractivity contribution is 6.30. The molecule has 0 saturated heterocycles. The Morgan fingerprint density at radius 1 is 0.680 bits per heavy atom. The molecular formula is C18H16ClNO5. The highest BCUT2D eigenvalue weighted by Crippen LogP contribution is 2.15. The van der Waals surface area contributed by atoms with Crippen molar-refractivity contribution in [3.63, 3.8) is 0 Å². The molecule has 7 heteroatoms. The van der Waals surface area contributed by atoms with Crippen molar-refractivity contribution in [1.29, 1.82) is 0 Å². The molecule has 0 radical (unpaired) electrons. The van der Waals surface area contributed by atoms with Crippen molar-refractivity contribution in [3.8, 4) is 17.2 Å². The molecule has 25 heavy (non-hydrogen) atoms. The van der Waals surface area contributed by atoms with Crippen molar-refractivity contribution in [2.45, 2.75) is 0 Å². The quantitative estimate of drug-likeness (QED) is 0.429. The molecule has 0 unspecified atom stereocenters. The predicted octanol–water partition coefficient (Wildman–Crippen LogP) is 4.74. The van der Waals surface area contributed by atoms with Gasteiger partial charge in [-0.05, 0) is 48.5 Å². The highest BCUT2D eigenvalue weighted by atomic mass is 35.5. The fraction of sp³-hybridized carbons (Fsp3) is 0. The summed E-state index contributed by atoms with van der Waals surface area (Å²) >= 11 is 5.50. The zero-order chi connectivity index (χ0) is 18.7. The van der Waals surface area contributed by atoms with Gasteiger partial charge in [0.2, 0.25) is 0 Å². The molecule has 0 fully saturated rings. The lowest BCUT2D eigenvalue weighted by molar-refractivity contribution is -0.384. The lowest BCUT2D eigenvalue weighted by Gasteiger charge is -1.89. The number of halogens is 1. The first-order chi connectivity index (χ1) is 11.9. The molecule has 6 nitrogen and oxygen atoms in total. The van der Waals surface area contributed by atoms with Gasteiger partial charge in [0, 0.05) is 17.2 Å². The second-order valence-corrected chi connectivity index (χ2v) is 5.02. The first kappa shape index (κ1) is 19.8. The second kappa shape index (κ2) is 10.5. The van der Waals surface area contributed by atoms with E-state index in [-0.39, 0.29) is 17.2 Å². The summed E-state index contributed by atoms with van der Waals surface area (Å²) in [5.41, 5.74) is -0.0159. The van der Waals surface area contributed by atoms with Gasteiger partial charge in [-0.2, -0.15) is 0 Å². The Kier molecular flexibility index (Phi) is 8.32. The normalized spacial score (nSPS) is 9.00. The van der Waals surface area contributed by atoms with Crippen LogP contribution < -0.4 is 0 Å². The SMILES string of the molecule is O=[N+]([O-])c1ccc(O)cc1.Oc1ccc(Cl)cc1.Oc1ccccc1. The van der Waals surface area contributed by atoms with Crippen LogP contribution in [0.3, 0.4) is 0 Å². The van der Waals surface area contributed by atoms with Gasteiger partial charge >= 0.3 is 0 Å². The smallest absolute Gasteiger partial charge is 0.269 e. The molecule has 0 saturated carbocycles. The molecule has 0 amide bonds. The van der Waals surface area contributed by atoms with Gasteiger partial charge < -0.3 is 15.3 Å². The summed E-state index contributed by atoms with van der Waals surface area (Å²) < 4.78 is 0. The summed E-state index contributed by atoms with van der Waals surface area (Å²) in [5.74, 6) is 0.600. The first-order valence-electron chi connectivity index (χ1n) is 7.00. The average Bonchev–Trinajstić information content (AvgIpc) is 2.60. The van der Waals surface area contributed by atoms with E-state index in [0.29, 0.717) is 10.8 Å². The fourth-order valence-electron chi connectivity index (χ4n) is 1.44. The third kappa shape index (κ3) is 8.83. The summed E-state index contributed by atoms with van der Waals surface area (Å²) in [6.45, 7) is 0. The number of phenols is 3. The van der Waals surface area contributed by atoms with Crippen molar-refractivity contribution in [2.24, 2.45) is 0 Å². The highest BCUT2D eigenvalue weighted by Gasteiger charge is 2.01. The monoisotopic (exact) mass is 361 g/mol. The Bertz CT molecular complexity index is 741. The van der Waals surface area contributed by atoms with Crippen LogP contribution in [0.4, 0.5) is 5.69 Å². The number of phenolic OH excluding ortho intramolecular Hbond substituents is 3. The summed E-state index contributed by atoms with van der Waals surface area (Å²) in [4.78, 5) is 9.52. The number of hydrogen-bond acceptors (Lipinski definition) is 5. The van der Waals surface area contributed by atoms with Gasteiger partial charge in [-0.25, -0.2) is 0 Å². The minimum Gasteiger partial charge on any atom is -0.508 e. The maximum absolute atomic E-state index is 10.0. The molecule has 0 aromatic heterocycles.